The predicted octanol–water partition coefficient (Wildman–Crippen LogP) is 1.65. The van der Waals surface area contributed by atoms with Gasteiger partial charge in [-0.15, -0.1) is 0 Å². The Balaban J connectivity index is 2.11. The van der Waals surface area contributed by atoms with E-state index in [0.717, 1.165) is 5.39 Å². The normalized spacial score (nSPS) is 12.2. The summed E-state index contributed by atoms with van der Waals surface area (Å²) < 4.78 is 10.2. The van der Waals surface area contributed by atoms with Crippen LogP contribution in [0, 0.1) is 0 Å². The molecule has 1 atom stereocenters. The molecule has 2 N–H and O–H groups in total. The van der Waals surface area contributed by atoms with Gasteiger partial charge in [-0.3, -0.25) is 4.79 Å². The molecule has 0 aliphatic rings. The molecule has 2 rings (SSSR count). The van der Waals surface area contributed by atoms with Crippen LogP contribution in [0.2, 0.25) is 0 Å². The van der Waals surface area contributed by atoms with E-state index in [1.807, 2.05) is 12.1 Å². The van der Waals surface area contributed by atoms with E-state index in [-0.39, 0.29) is 18.8 Å². The second-order valence-corrected chi connectivity index (χ2v) is 4.29. The molecule has 0 saturated heterocycles. The molecule has 1 amide bonds. The Kier molecular flexibility index (Phi) is 4.37. The molecule has 1 unspecified atom stereocenters. The van der Waals surface area contributed by atoms with Crippen LogP contribution >= 0.6 is 0 Å². The molecular formula is C14H15NO5. The second-order valence-electron chi connectivity index (χ2n) is 4.29. The number of ether oxygens (including phenoxy) is 1. The number of fused-ring (bicyclic) bond motifs is 1. The highest BCUT2D eigenvalue weighted by Gasteiger charge is 2.22. The van der Waals surface area contributed by atoms with Crippen LogP contribution in [0.15, 0.2) is 34.7 Å². The Labute approximate surface area is 115 Å². The summed E-state index contributed by atoms with van der Waals surface area (Å²) in [5.41, 5.74) is 0.585. The van der Waals surface area contributed by atoms with Gasteiger partial charge in [-0.1, -0.05) is 18.2 Å². The summed E-state index contributed by atoms with van der Waals surface area (Å²) in [7, 11) is 1.47. The van der Waals surface area contributed by atoms with Crippen molar-refractivity contribution < 1.29 is 23.8 Å². The SMILES string of the molecule is COCCC(NC(=O)c1cc2ccccc2o1)C(=O)O. The van der Waals surface area contributed by atoms with Crippen LogP contribution in [0.25, 0.3) is 11.0 Å². The van der Waals surface area contributed by atoms with Gasteiger partial charge in [-0.25, -0.2) is 4.79 Å². The average molecular weight is 277 g/mol. The molecule has 1 aromatic carbocycles. The molecule has 0 bridgehead atoms. The minimum atomic E-state index is -1.11. The maximum absolute atomic E-state index is 12.0. The van der Waals surface area contributed by atoms with Gasteiger partial charge < -0.3 is 19.6 Å². The van der Waals surface area contributed by atoms with E-state index in [9.17, 15) is 9.59 Å². The third-order valence-corrected chi connectivity index (χ3v) is 2.86. The highest BCUT2D eigenvalue weighted by Crippen LogP contribution is 2.18. The quantitative estimate of drug-likeness (QED) is 0.838. The minimum Gasteiger partial charge on any atom is -0.480 e. The molecule has 0 aliphatic carbocycles. The highest BCUT2D eigenvalue weighted by atomic mass is 16.5. The number of hydrogen-bond donors (Lipinski definition) is 2. The number of carbonyl (C=O) groups is 2. The van der Waals surface area contributed by atoms with Crippen molar-refractivity contribution in [2.75, 3.05) is 13.7 Å². The van der Waals surface area contributed by atoms with E-state index >= 15 is 0 Å². The monoisotopic (exact) mass is 277 g/mol. The first-order valence-electron chi connectivity index (χ1n) is 6.13. The van der Waals surface area contributed by atoms with Crippen LogP contribution in [-0.2, 0) is 9.53 Å². The molecule has 0 radical (unpaired) electrons. The molecule has 0 fully saturated rings. The van der Waals surface area contributed by atoms with Crippen molar-refractivity contribution in [2.45, 2.75) is 12.5 Å². The Hall–Kier alpha value is -2.34. The van der Waals surface area contributed by atoms with E-state index in [1.165, 1.54) is 7.11 Å². The Morgan fingerprint density at radius 3 is 2.80 bits per heavy atom. The van der Waals surface area contributed by atoms with Gasteiger partial charge >= 0.3 is 5.97 Å². The standard InChI is InChI=1S/C14H15NO5/c1-19-7-6-10(14(17)18)15-13(16)12-8-9-4-2-3-5-11(9)20-12/h2-5,8,10H,6-7H2,1H3,(H,15,16)(H,17,18). The van der Waals surface area contributed by atoms with E-state index < -0.39 is 17.9 Å². The number of rotatable bonds is 6. The van der Waals surface area contributed by atoms with E-state index in [0.29, 0.717) is 5.58 Å². The molecule has 106 valence electrons. The fraction of sp³-hybridized carbons (Fsp3) is 0.286. The summed E-state index contributed by atoms with van der Waals surface area (Å²) in [4.78, 5) is 23.0. The zero-order valence-corrected chi connectivity index (χ0v) is 11.0. The molecule has 1 heterocycles. The zero-order chi connectivity index (χ0) is 14.5. The van der Waals surface area contributed by atoms with Gasteiger partial charge in [0.05, 0.1) is 0 Å². The number of carboxylic acid groups (broad SMARTS) is 1. The van der Waals surface area contributed by atoms with Crippen molar-refractivity contribution in [1.29, 1.82) is 0 Å². The van der Waals surface area contributed by atoms with Gasteiger partial charge in [0.25, 0.3) is 5.91 Å². The topological polar surface area (TPSA) is 88.8 Å². The fourth-order valence-electron chi connectivity index (χ4n) is 1.82. The summed E-state index contributed by atoms with van der Waals surface area (Å²) in [5, 5.41) is 12.2. The number of carbonyl (C=O) groups excluding carboxylic acids is 1. The Morgan fingerprint density at radius 2 is 2.15 bits per heavy atom. The smallest absolute Gasteiger partial charge is 0.326 e. The Bertz CT molecular complexity index is 586. The van der Waals surface area contributed by atoms with Gasteiger partial charge in [0, 0.05) is 25.5 Å². The average Bonchev–Trinajstić information content (AvgIpc) is 2.86. The van der Waals surface area contributed by atoms with Crippen molar-refractivity contribution in [2.24, 2.45) is 0 Å². The number of hydrogen-bond acceptors (Lipinski definition) is 4. The Morgan fingerprint density at radius 1 is 1.40 bits per heavy atom. The second kappa shape index (κ2) is 6.21. The van der Waals surface area contributed by atoms with Crippen molar-refractivity contribution in [3.05, 3.63) is 36.1 Å². The maximum Gasteiger partial charge on any atom is 0.326 e. The summed E-state index contributed by atoms with van der Waals surface area (Å²) in [6.07, 6.45) is 0.192. The van der Waals surface area contributed by atoms with E-state index in [1.54, 1.807) is 18.2 Å². The summed E-state index contributed by atoms with van der Waals surface area (Å²) in [6.45, 7) is 0.247. The third kappa shape index (κ3) is 3.16. The molecule has 0 saturated carbocycles. The van der Waals surface area contributed by atoms with Gasteiger partial charge in [0.1, 0.15) is 11.6 Å². The largest absolute Gasteiger partial charge is 0.480 e. The lowest BCUT2D eigenvalue weighted by Gasteiger charge is -2.12. The molecule has 2 aromatic rings. The summed E-state index contributed by atoms with van der Waals surface area (Å²) >= 11 is 0. The van der Waals surface area contributed by atoms with Crippen molar-refractivity contribution in [3.63, 3.8) is 0 Å². The first kappa shape index (κ1) is 14.1. The molecule has 20 heavy (non-hydrogen) atoms. The van der Waals surface area contributed by atoms with Crippen LogP contribution in [0.4, 0.5) is 0 Å². The molecular weight excluding hydrogens is 262 g/mol. The number of carboxylic acids is 1. The van der Waals surface area contributed by atoms with Crippen molar-refractivity contribution in [3.8, 4) is 0 Å². The highest BCUT2D eigenvalue weighted by molar-refractivity contribution is 5.97. The molecule has 0 aliphatic heterocycles. The van der Waals surface area contributed by atoms with Gasteiger partial charge in [-0.2, -0.15) is 0 Å². The molecule has 6 heteroatoms. The molecule has 6 nitrogen and oxygen atoms in total. The van der Waals surface area contributed by atoms with Gasteiger partial charge in [-0.05, 0) is 12.1 Å². The van der Waals surface area contributed by atoms with Crippen LogP contribution < -0.4 is 5.32 Å². The number of amides is 1. The third-order valence-electron chi connectivity index (χ3n) is 2.86. The molecule has 1 aromatic heterocycles. The number of benzene rings is 1. The first-order chi connectivity index (χ1) is 9.61. The van der Waals surface area contributed by atoms with Crippen LogP contribution in [0.1, 0.15) is 17.0 Å². The number of para-hydroxylation sites is 1. The van der Waals surface area contributed by atoms with E-state index in [4.69, 9.17) is 14.3 Å². The number of aliphatic carboxylic acids is 1. The number of nitrogens with one attached hydrogen (secondary N) is 1. The molecule has 0 spiro atoms. The lowest BCUT2D eigenvalue weighted by molar-refractivity contribution is -0.139. The van der Waals surface area contributed by atoms with Crippen LogP contribution in [0.3, 0.4) is 0 Å². The summed E-state index contributed by atoms with van der Waals surface area (Å²) in [6, 6.07) is 7.76. The van der Waals surface area contributed by atoms with E-state index in [2.05, 4.69) is 5.32 Å². The van der Waals surface area contributed by atoms with Gasteiger partial charge in [0.15, 0.2) is 5.76 Å². The maximum atomic E-state index is 12.0. The fourth-order valence-corrected chi connectivity index (χ4v) is 1.82. The predicted molar refractivity (Wildman–Crippen MR) is 71.6 cm³/mol. The lowest BCUT2D eigenvalue weighted by Crippen LogP contribution is -2.41. The first-order valence-corrected chi connectivity index (χ1v) is 6.13. The minimum absolute atomic E-state index is 0.0925. The van der Waals surface area contributed by atoms with Crippen molar-refractivity contribution in [1.82, 2.24) is 5.32 Å². The van der Waals surface area contributed by atoms with Crippen LogP contribution in [0.5, 0.6) is 0 Å². The van der Waals surface area contributed by atoms with Gasteiger partial charge in [0.2, 0.25) is 0 Å². The number of furan rings is 1. The zero-order valence-electron chi connectivity index (χ0n) is 11.0. The number of methoxy groups -OCH3 is 1. The van der Waals surface area contributed by atoms with Crippen LogP contribution in [-0.4, -0.2) is 36.7 Å². The van der Waals surface area contributed by atoms with Crippen molar-refractivity contribution >= 4 is 22.8 Å². The summed E-state index contributed by atoms with van der Waals surface area (Å²) in [5.74, 6) is -1.56. The lowest BCUT2D eigenvalue weighted by atomic mass is 10.2.